The lowest BCUT2D eigenvalue weighted by atomic mass is 9.88. The molecule has 0 aromatic rings. The van der Waals surface area contributed by atoms with E-state index in [9.17, 15) is 4.79 Å². The third kappa shape index (κ3) is 3.95. The first-order chi connectivity index (χ1) is 8.77. The number of rotatable bonds is 5. The van der Waals surface area contributed by atoms with E-state index < -0.39 is 0 Å². The van der Waals surface area contributed by atoms with Crippen LogP contribution in [0.4, 0.5) is 0 Å². The van der Waals surface area contributed by atoms with Crippen molar-refractivity contribution in [1.29, 1.82) is 0 Å². The fraction of sp³-hybridized carbons (Fsp3) is 0.929. The third-order valence-electron chi connectivity index (χ3n) is 4.34. The average Bonchev–Trinajstić information content (AvgIpc) is 2.84. The summed E-state index contributed by atoms with van der Waals surface area (Å²) in [6.07, 6.45) is 8.06. The maximum atomic E-state index is 10.8. The van der Waals surface area contributed by atoms with Crippen LogP contribution in [0.2, 0.25) is 0 Å². The number of nitrogens with one attached hydrogen (secondary N) is 3. The Morgan fingerprint density at radius 1 is 1.17 bits per heavy atom. The summed E-state index contributed by atoms with van der Waals surface area (Å²) in [4.78, 5) is 10.8. The van der Waals surface area contributed by atoms with Crippen molar-refractivity contribution in [3.8, 4) is 0 Å². The number of carbonyl (C=O) groups is 1. The van der Waals surface area contributed by atoms with E-state index in [1.165, 1.54) is 45.1 Å². The quantitative estimate of drug-likeness (QED) is 0.641. The Kier molecular flexibility index (Phi) is 5.45. The molecule has 4 heteroatoms. The zero-order valence-electron chi connectivity index (χ0n) is 11.5. The summed E-state index contributed by atoms with van der Waals surface area (Å²) in [5.41, 5.74) is 0. The predicted octanol–water partition coefficient (Wildman–Crippen LogP) is 1.02. The minimum absolute atomic E-state index is 0.0636. The van der Waals surface area contributed by atoms with Crippen LogP contribution in [0, 0.1) is 5.92 Å². The molecule has 2 aliphatic rings. The summed E-state index contributed by atoms with van der Waals surface area (Å²) < 4.78 is 0. The Morgan fingerprint density at radius 2 is 2.06 bits per heavy atom. The molecule has 3 N–H and O–H groups in total. The molecule has 1 aliphatic carbocycles. The van der Waals surface area contributed by atoms with Gasteiger partial charge in [-0.25, -0.2) is 0 Å². The van der Waals surface area contributed by atoms with E-state index >= 15 is 0 Å². The van der Waals surface area contributed by atoms with E-state index in [1.807, 2.05) is 0 Å². The maximum absolute atomic E-state index is 10.8. The molecule has 2 rings (SSSR count). The summed E-state index contributed by atoms with van der Waals surface area (Å²) in [7, 11) is 0. The lowest BCUT2D eigenvalue weighted by Gasteiger charge is -2.33. The van der Waals surface area contributed by atoms with Gasteiger partial charge in [-0.05, 0) is 38.1 Å². The van der Waals surface area contributed by atoms with Gasteiger partial charge in [0, 0.05) is 32.1 Å². The Hall–Kier alpha value is -0.610. The van der Waals surface area contributed by atoms with Gasteiger partial charge >= 0.3 is 0 Å². The van der Waals surface area contributed by atoms with Gasteiger partial charge < -0.3 is 16.0 Å². The van der Waals surface area contributed by atoms with Gasteiger partial charge in [0.1, 0.15) is 0 Å². The van der Waals surface area contributed by atoms with Gasteiger partial charge in [-0.1, -0.05) is 12.8 Å². The molecule has 4 nitrogen and oxygen atoms in total. The first-order valence-electron chi connectivity index (χ1n) is 7.48. The molecule has 2 fully saturated rings. The molecule has 1 heterocycles. The fourth-order valence-corrected chi connectivity index (χ4v) is 3.46. The lowest BCUT2D eigenvalue weighted by Crippen LogP contribution is -2.48. The highest BCUT2D eigenvalue weighted by molar-refractivity contribution is 5.72. The number of hydrogen-bond donors (Lipinski definition) is 3. The van der Waals surface area contributed by atoms with Crippen LogP contribution in [-0.4, -0.2) is 37.6 Å². The molecule has 1 aliphatic heterocycles. The minimum Gasteiger partial charge on any atom is -0.355 e. The normalized spacial score (nSPS) is 32.4. The Labute approximate surface area is 110 Å². The summed E-state index contributed by atoms with van der Waals surface area (Å²) >= 11 is 0. The van der Waals surface area contributed by atoms with Crippen molar-refractivity contribution in [2.24, 2.45) is 5.92 Å². The smallest absolute Gasteiger partial charge is 0.216 e. The molecule has 1 saturated heterocycles. The molecule has 0 radical (unpaired) electrons. The van der Waals surface area contributed by atoms with Crippen LogP contribution in [0.25, 0.3) is 0 Å². The molecule has 0 spiro atoms. The van der Waals surface area contributed by atoms with Gasteiger partial charge in [-0.3, -0.25) is 4.79 Å². The van der Waals surface area contributed by atoms with E-state index in [1.54, 1.807) is 6.92 Å². The summed E-state index contributed by atoms with van der Waals surface area (Å²) in [6, 6.07) is 1.37. The van der Waals surface area contributed by atoms with E-state index in [0.717, 1.165) is 25.0 Å². The number of hydrogen-bond acceptors (Lipinski definition) is 3. The van der Waals surface area contributed by atoms with Crippen LogP contribution < -0.4 is 16.0 Å². The third-order valence-corrected chi connectivity index (χ3v) is 4.34. The molecule has 1 saturated carbocycles. The minimum atomic E-state index is 0.0636. The molecular weight excluding hydrogens is 226 g/mol. The van der Waals surface area contributed by atoms with Crippen LogP contribution in [0.1, 0.15) is 45.4 Å². The summed E-state index contributed by atoms with van der Waals surface area (Å²) in [5.74, 6) is 0.858. The average molecular weight is 253 g/mol. The second kappa shape index (κ2) is 7.10. The highest BCUT2D eigenvalue weighted by Gasteiger charge is 2.33. The van der Waals surface area contributed by atoms with Crippen molar-refractivity contribution in [2.75, 3.05) is 19.6 Å². The zero-order chi connectivity index (χ0) is 12.8. The van der Waals surface area contributed by atoms with Gasteiger partial charge in [-0.2, -0.15) is 0 Å². The van der Waals surface area contributed by atoms with Crippen LogP contribution in [-0.2, 0) is 4.79 Å². The van der Waals surface area contributed by atoms with Gasteiger partial charge in [0.2, 0.25) is 5.91 Å². The first-order valence-corrected chi connectivity index (χ1v) is 7.48. The number of piperidine rings is 1. The zero-order valence-corrected chi connectivity index (χ0v) is 11.5. The molecule has 1 amide bonds. The molecule has 104 valence electrons. The number of amides is 1. The summed E-state index contributed by atoms with van der Waals surface area (Å²) in [6.45, 7) is 4.41. The van der Waals surface area contributed by atoms with E-state index in [2.05, 4.69) is 16.0 Å². The molecule has 3 atom stereocenters. The maximum Gasteiger partial charge on any atom is 0.216 e. The molecule has 3 unspecified atom stereocenters. The molecule has 0 aromatic carbocycles. The van der Waals surface area contributed by atoms with Gasteiger partial charge in [0.25, 0.3) is 0 Å². The topological polar surface area (TPSA) is 53.2 Å². The highest BCUT2D eigenvalue weighted by atomic mass is 16.1. The van der Waals surface area contributed by atoms with Crippen molar-refractivity contribution >= 4 is 5.91 Å². The van der Waals surface area contributed by atoms with E-state index in [0.29, 0.717) is 6.04 Å². The molecule has 0 bridgehead atoms. The van der Waals surface area contributed by atoms with E-state index in [-0.39, 0.29) is 5.91 Å². The highest BCUT2D eigenvalue weighted by Crippen LogP contribution is 2.31. The van der Waals surface area contributed by atoms with Crippen molar-refractivity contribution in [3.05, 3.63) is 0 Å². The second-order valence-corrected chi connectivity index (χ2v) is 5.69. The Morgan fingerprint density at radius 3 is 2.78 bits per heavy atom. The van der Waals surface area contributed by atoms with Crippen LogP contribution in [0.15, 0.2) is 0 Å². The van der Waals surface area contributed by atoms with Gasteiger partial charge in [-0.15, -0.1) is 0 Å². The largest absolute Gasteiger partial charge is 0.355 e. The van der Waals surface area contributed by atoms with Crippen molar-refractivity contribution in [3.63, 3.8) is 0 Å². The number of carbonyl (C=O) groups excluding carboxylic acids is 1. The van der Waals surface area contributed by atoms with E-state index in [4.69, 9.17) is 0 Å². The Bertz CT molecular complexity index is 264. The lowest BCUT2D eigenvalue weighted by molar-refractivity contribution is -0.118. The van der Waals surface area contributed by atoms with Crippen molar-refractivity contribution < 1.29 is 4.79 Å². The van der Waals surface area contributed by atoms with Crippen molar-refractivity contribution in [1.82, 2.24) is 16.0 Å². The van der Waals surface area contributed by atoms with Crippen LogP contribution in [0.3, 0.4) is 0 Å². The molecule has 18 heavy (non-hydrogen) atoms. The fourth-order valence-electron chi connectivity index (χ4n) is 3.46. The van der Waals surface area contributed by atoms with Crippen LogP contribution >= 0.6 is 0 Å². The van der Waals surface area contributed by atoms with Gasteiger partial charge in [0.15, 0.2) is 0 Å². The van der Waals surface area contributed by atoms with Crippen LogP contribution in [0.5, 0.6) is 0 Å². The predicted molar refractivity (Wildman–Crippen MR) is 73.5 cm³/mol. The summed E-state index contributed by atoms with van der Waals surface area (Å²) in [5, 5.41) is 10.2. The standard InChI is InChI=1S/C14H27N3O/c1-11(18)15-9-10-17-14-7-4-5-12(14)13-6-2-3-8-16-13/h12-14,16-17H,2-10H2,1H3,(H,15,18). The second-order valence-electron chi connectivity index (χ2n) is 5.69. The Balaban J connectivity index is 1.71. The van der Waals surface area contributed by atoms with Crippen molar-refractivity contribution in [2.45, 2.75) is 57.5 Å². The first kappa shape index (κ1) is 13.8. The molecular formula is C14H27N3O. The molecule has 0 aromatic heterocycles. The monoisotopic (exact) mass is 253 g/mol. The van der Waals surface area contributed by atoms with Gasteiger partial charge in [0.05, 0.1) is 0 Å². The SMILES string of the molecule is CC(=O)NCCNC1CCCC1C1CCCCN1.